The van der Waals surface area contributed by atoms with Gasteiger partial charge in [0.2, 0.25) is 5.91 Å². The summed E-state index contributed by atoms with van der Waals surface area (Å²) in [5.74, 6) is -1.50. The van der Waals surface area contributed by atoms with Gasteiger partial charge in [-0.25, -0.2) is 4.79 Å². The predicted octanol–water partition coefficient (Wildman–Crippen LogP) is 0.373. The fourth-order valence-corrected chi connectivity index (χ4v) is 1.16. The van der Waals surface area contributed by atoms with Gasteiger partial charge in [0.15, 0.2) is 0 Å². The van der Waals surface area contributed by atoms with Crippen LogP contribution < -0.4 is 5.32 Å². The van der Waals surface area contributed by atoms with Crippen LogP contribution in [0.4, 0.5) is 0 Å². The molecule has 0 saturated heterocycles. The highest BCUT2D eigenvalue weighted by Crippen LogP contribution is 2.05. The number of carboxylic acids is 1. The van der Waals surface area contributed by atoms with Gasteiger partial charge in [-0.2, -0.15) is 0 Å². The molecular weight excluding hydrogens is 198 g/mol. The zero-order valence-corrected chi connectivity index (χ0v) is 9.36. The number of hydrogen-bond donors (Lipinski definition) is 3. The molecule has 88 valence electrons. The van der Waals surface area contributed by atoms with E-state index in [9.17, 15) is 14.7 Å². The Bertz CT molecular complexity index is 227. The van der Waals surface area contributed by atoms with Crippen LogP contribution in [0.15, 0.2) is 0 Å². The van der Waals surface area contributed by atoms with Gasteiger partial charge in [-0.3, -0.25) is 4.79 Å². The Labute approximate surface area is 89.5 Å². The molecule has 15 heavy (non-hydrogen) atoms. The molecule has 0 bridgehead atoms. The van der Waals surface area contributed by atoms with Crippen molar-refractivity contribution in [2.45, 2.75) is 45.8 Å². The molecule has 2 atom stereocenters. The average molecular weight is 217 g/mol. The minimum atomic E-state index is -1.13. The fourth-order valence-electron chi connectivity index (χ4n) is 1.16. The third-order valence-electron chi connectivity index (χ3n) is 2.02. The molecule has 0 aromatic carbocycles. The summed E-state index contributed by atoms with van der Waals surface area (Å²) in [5, 5.41) is 20.4. The molecule has 0 aliphatic heterocycles. The van der Waals surface area contributed by atoms with E-state index in [4.69, 9.17) is 5.11 Å². The number of aliphatic carboxylic acids is 1. The summed E-state index contributed by atoms with van der Waals surface area (Å²) in [6, 6.07) is -0.917. The van der Waals surface area contributed by atoms with Crippen molar-refractivity contribution in [1.82, 2.24) is 5.32 Å². The summed E-state index contributed by atoms with van der Waals surface area (Å²) >= 11 is 0. The van der Waals surface area contributed by atoms with Crippen molar-refractivity contribution in [2.24, 2.45) is 5.92 Å². The fraction of sp³-hybridized carbons (Fsp3) is 0.800. The molecule has 0 aromatic rings. The van der Waals surface area contributed by atoms with Crippen LogP contribution in [0.5, 0.6) is 0 Å². The van der Waals surface area contributed by atoms with Gasteiger partial charge in [-0.15, -0.1) is 0 Å². The largest absolute Gasteiger partial charge is 0.480 e. The molecule has 0 aliphatic rings. The molecule has 1 amide bonds. The Hall–Kier alpha value is -1.10. The molecule has 0 radical (unpaired) electrons. The van der Waals surface area contributed by atoms with E-state index in [0.717, 1.165) is 0 Å². The molecule has 0 spiro atoms. The SMILES string of the molecule is CC[C@@H](NC(=O)[C@@H](O)CC(C)C)C(=O)O. The van der Waals surface area contributed by atoms with Crippen molar-refractivity contribution >= 4 is 11.9 Å². The lowest BCUT2D eigenvalue weighted by molar-refractivity contribution is -0.143. The first-order chi connectivity index (χ1) is 6.88. The van der Waals surface area contributed by atoms with Gasteiger partial charge in [0, 0.05) is 0 Å². The summed E-state index contributed by atoms with van der Waals surface area (Å²) in [4.78, 5) is 21.9. The summed E-state index contributed by atoms with van der Waals surface area (Å²) in [6.07, 6.45) is -0.490. The van der Waals surface area contributed by atoms with Gasteiger partial charge in [-0.05, 0) is 18.8 Å². The molecule has 0 fully saturated rings. The smallest absolute Gasteiger partial charge is 0.326 e. The van der Waals surface area contributed by atoms with Gasteiger partial charge in [0.1, 0.15) is 12.1 Å². The van der Waals surface area contributed by atoms with Crippen molar-refractivity contribution in [3.63, 3.8) is 0 Å². The maximum Gasteiger partial charge on any atom is 0.326 e. The lowest BCUT2D eigenvalue weighted by atomic mass is 10.1. The molecule has 0 aliphatic carbocycles. The Morgan fingerprint density at radius 2 is 1.87 bits per heavy atom. The lowest BCUT2D eigenvalue weighted by Crippen LogP contribution is -2.45. The van der Waals surface area contributed by atoms with Crippen molar-refractivity contribution in [1.29, 1.82) is 0 Å². The number of carbonyl (C=O) groups is 2. The average Bonchev–Trinajstić information content (AvgIpc) is 2.11. The third-order valence-corrected chi connectivity index (χ3v) is 2.02. The number of amides is 1. The number of rotatable bonds is 6. The number of aliphatic hydroxyl groups excluding tert-OH is 1. The van der Waals surface area contributed by atoms with Crippen LogP contribution in [0.25, 0.3) is 0 Å². The number of carboxylic acid groups (broad SMARTS) is 1. The maximum atomic E-state index is 11.3. The van der Waals surface area contributed by atoms with Crippen LogP contribution in [-0.4, -0.2) is 34.2 Å². The second-order valence-corrected chi connectivity index (χ2v) is 3.95. The molecular formula is C10H19NO4. The summed E-state index contributed by atoms with van der Waals surface area (Å²) in [6.45, 7) is 5.42. The molecule has 0 heterocycles. The Balaban J connectivity index is 4.16. The van der Waals surface area contributed by atoms with Crippen LogP contribution in [0.1, 0.15) is 33.6 Å². The van der Waals surface area contributed by atoms with Gasteiger partial charge in [0.25, 0.3) is 0 Å². The maximum absolute atomic E-state index is 11.3. The van der Waals surface area contributed by atoms with E-state index in [1.807, 2.05) is 13.8 Å². The molecule has 0 saturated carbocycles. The van der Waals surface area contributed by atoms with Gasteiger partial charge < -0.3 is 15.5 Å². The summed E-state index contributed by atoms with van der Waals surface area (Å²) in [7, 11) is 0. The number of hydrogen-bond acceptors (Lipinski definition) is 3. The highest BCUT2D eigenvalue weighted by Gasteiger charge is 2.22. The first-order valence-electron chi connectivity index (χ1n) is 5.09. The zero-order chi connectivity index (χ0) is 12.0. The van der Waals surface area contributed by atoms with Crippen molar-refractivity contribution in [3.8, 4) is 0 Å². The topological polar surface area (TPSA) is 86.6 Å². The Kier molecular flexibility index (Phi) is 5.93. The van der Waals surface area contributed by atoms with E-state index >= 15 is 0 Å². The van der Waals surface area contributed by atoms with Crippen LogP contribution in [-0.2, 0) is 9.59 Å². The third kappa shape index (κ3) is 5.37. The molecule has 0 unspecified atom stereocenters. The van der Waals surface area contributed by atoms with E-state index < -0.39 is 24.0 Å². The zero-order valence-electron chi connectivity index (χ0n) is 9.36. The minimum absolute atomic E-state index is 0.190. The Morgan fingerprint density at radius 1 is 1.33 bits per heavy atom. The highest BCUT2D eigenvalue weighted by atomic mass is 16.4. The van der Waals surface area contributed by atoms with Crippen molar-refractivity contribution < 1.29 is 19.8 Å². The second kappa shape index (κ2) is 6.40. The van der Waals surface area contributed by atoms with E-state index in [2.05, 4.69) is 5.32 Å². The second-order valence-electron chi connectivity index (χ2n) is 3.95. The van der Waals surface area contributed by atoms with Crippen LogP contribution in [0.2, 0.25) is 0 Å². The van der Waals surface area contributed by atoms with Crippen molar-refractivity contribution in [2.75, 3.05) is 0 Å². The van der Waals surface area contributed by atoms with Gasteiger partial charge in [0.05, 0.1) is 0 Å². The predicted molar refractivity (Wildman–Crippen MR) is 55.3 cm³/mol. The van der Waals surface area contributed by atoms with E-state index in [1.54, 1.807) is 6.92 Å². The molecule has 0 rings (SSSR count). The molecule has 3 N–H and O–H groups in total. The molecule has 0 aromatic heterocycles. The monoisotopic (exact) mass is 217 g/mol. The molecule has 5 heteroatoms. The normalized spacial score (nSPS) is 14.7. The first-order valence-corrected chi connectivity index (χ1v) is 5.09. The lowest BCUT2D eigenvalue weighted by Gasteiger charge is -2.16. The highest BCUT2D eigenvalue weighted by molar-refractivity contribution is 5.86. The van der Waals surface area contributed by atoms with Gasteiger partial charge >= 0.3 is 5.97 Å². The summed E-state index contributed by atoms with van der Waals surface area (Å²) in [5.41, 5.74) is 0. The first kappa shape index (κ1) is 13.9. The Morgan fingerprint density at radius 3 is 2.20 bits per heavy atom. The summed E-state index contributed by atoms with van der Waals surface area (Å²) < 4.78 is 0. The number of carbonyl (C=O) groups excluding carboxylic acids is 1. The van der Waals surface area contributed by atoms with Gasteiger partial charge in [-0.1, -0.05) is 20.8 Å². The molecule has 5 nitrogen and oxygen atoms in total. The standard InChI is InChI=1S/C10H19NO4/c1-4-7(10(14)15)11-9(13)8(12)5-6(2)3/h6-8,12H,4-5H2,1-3H3,(H,11,13)(H,14,15)/t7-,8+/m1/s1. The van der Waals surface area contributed by atoms with E-state index in [-0.39, 0.29) is 5.92 Å². The van der Waals surface area contributed by atoms with Crippen LogP contribution >= 0.6 is 0 Å². The van der Waals surface area contributed by atoms with Crippen molar-refractivity contribution in [3.05, 3.63) is 0 Å². The van der Waals surface area contributed by atoms with E-state index in [1.165, 1.54) is 0 Å². The van der Waals surface area contributed by atoms with Crippen LogP contribution in [0.3, 0.4) is 0 Å². The minimum Gasteiger partial charge on any atom is -0.480 e. The quantitative estimate of drug-likeness (QED) is 0.600. The van der Waals surface area contributed by atoms with Crippen LogP contribution in [0, 0.1) is 5.92 Å². The number of aliphatic hydroxyl groups is 1. The van der Waals surface area contributed by atoms with E-state index in [0.29, 0.717) is 12.8 Å². The number of nitrogens with one attached hydrogen (secondary N) is 1.